The fraction of sp³-hybridized carbons (Fsp3) is 0.0714. The van der Waals surface area contributed by atoms with E-state index >= 15 is 0 Å². The number of nitrogens with zero attached hydrogens (tertiary/aromatic N) is 1. The molecule has 3 rings (SSSR count). The number of aryl methyl sites for hydroxylation is 1. The first-order valence-electron chi connectivity index (χ1n) is 5.31. The SMILES string of the molecule is Cc1cccc2c(Cl)c3ccc(Cl)cc3nc12. The van der Waals surface area contributed by atoms with Gasteiger partial charge in [-0.05, 0) is 30.7 Å². The van der Waals surface area contributed by atoms with Gasteiger partial charge in [0.05, 0.1) is 16.1 Å². The van der Waals surface area contributed by atoms with Gasteiger partial charge in [-0.1, -0.05) is 41.4 Å². The Morgan fingerprint density at radius 3 is 2.65 bits per heavy atom. The van der Waals surface area contributed by atoms with Crippen molar-refractivity contribution >= 4 is 45.0 Å². The minimum Gasteiger partial charge on any atom is -0.247 e. The molecule has 1 heterocycles. The summed E-state index contributed by atoms with van der Waals surface area (Å²) in [7, 11) is 0. The fourth-order valence-corrected chi connectivity index (χ4v) is 2.51. The highest BCUT2D eigenvalue weighted by Crippen LogP contribution is 2.32. The van der Waals surface area contributed by atoms with Crippen LogP contribution >= 0.6 is 23.2 Å². The van der Waals surface area contributed by atoms with Crippen LogP contribution in [-0.2, 0) is 0 Å². The van der Waals surface area contributed by atoms with Crippen molar-refractivity contribution in [2.45, 2.75) is 6.92 Å². The summed E-state index contributed by atoms with van der Waals surface area (Å²) in [5, 5.41) is 3.34. The van der Waals surface area contributed by atoms with Crippen molar-refractivity contribution < 1.29 is 0 Å². The first-order valence-corrected chi connectivity index (χ1v) is 6.06. The number of hydrogen-bond donors (Lipinski definition) is 0. The van der Waals surface area contributed by atoms with Crippen LogP contribution in [0.4, 0.5) is 0 Å². The minimum atomic E-state index is 0.675. The van der Waals surface area contributed by atoms with Crippen molar-refractivity contribution in [3.05, 3.63) is 52.0 Å². The lowest BCUT2D eigenvalue weighted by Crippen LogP contribution is -1.87. The maximum Gasteiger partial charge on any atom is 0.0753 e. The molecule has 0 amide bonds. The Kier molecular flexibility index (Phi) is 2.46. The fourth-order valence-electron chi connectivity index (χ4n) is 2.03. The number of para-hydroxylation sites is 1. The zero-order chi connectivity index (χ0) is 12.0. The lowest BCUT2D eigenvalue weighted by Gasteiger charge is -2.07. The standard InChI is InChI=1S/C14H9Cl2N/c1-8-3-2-4-11-13(16)10-6-5-9(15)7-12(10)17-14(8)11/h2-7H,1H3. The monoisotopic (exact) mass is 261 g/mol. The van der Waals surface area contributed by atoms with Gasteiger partial charge in [-0.3, -0.25) is 0 Å². The van der Waals surface area contributed by atoms with Gasteiger partial charge < -0.3 is 0 Å². The summed E-state index contributed by atoms with van der Waals surface area (Å²) >= 11 is 12.4. The largest absolute Gasteiger partial charge is 0.247 e. The van der Waals surface area contributed by atoms with Crippen molar-refractivity contribution in [3.63, 3.8) is 0 Å². The zero-order valence-electron chi connectivity index (χ0n) is 9.17. The van der Waals surface area contributed by atoms with E-state index < -0.39 is 0 Å². The molecule has 0 N–H and O–H groups in total. The summed E-state index contributed by atoms with van der Waals surface area (Å²) in [6.07, 6.45) is 0. The van der Waals surface area contributed by atoms with Crippen LogP contribution in [0.1, 0.15) is 5.56 Å². The van der Waals surface area contributed by atoms with Crippen LogP contribution in [0.25, 0.3) is 21.8 Å². The van der Waals surface area contributed by atoms with Crippen molar-refractivity contribution in [1.29, 1.82) is 0 Å². The molecule has 0 saturated heterocycles. The predicted molar refractivity (Wildman–Crippen MR) is 74.0 cm³/mol. The second-order valence-corrected chi connectivity index (χ2v) is 4.87. The average Bonchev–Trinajstić information content (AvgIpc) is 2.30. The summed E-state index contributed by atoms with van der Waals surface area (Å²) in [6, 6.07) is 11.6. The molecule has 1 nitrogen and oxygen atoms in total. The van der Waals surface area contributed by atoms with Crippen molar-refractivity contribution in [3.8, 4) is 0 Å². The molecular formula is C14H9Cl2N. The van der Waals surface area contributed by atoms with E-state index in [-0.39, 0.29) is 0 Å². The van der Waals surface area contributed by atoms with Crippen LogP contribution in [0.3, 0.4) is 0 Å². The maximum absolute atomic E-state index is 6.42. The van der Waals surface area contributed by atoms with Gasteiger partial charge >= 0.3 is 0 Å². The summed E-state index contributed by atoms with van der Waals surface area (Å²) in [5.41, 5.74) is 2.89. The molecule has 0 aliphatic carbocycles. The number of hydrogen-bond acceptors (Lipinski definition) is 1. The van der Waals surface area contributed by atoms with E-state index in [2.05, 4.69) is 4.98 Å². The van der Waals surface area contributed by atoms with Crippen molar-refractivity contribution in [1.82, 2.24) is 4.98 Å². The topological polar surface area (TPSA) is 12.9 Å². The first kappa shape index (κ1) is 10.8. The Labute approximate surface area is 109 Å². The molecule has 0 radical (unpaired) electrons. The van der Waals surface area contributed by atoms with Gasteiger partial charge in [-0.25, -0.2) is 4.98 Å². The molecule has 2 aromatic carbocycles. The summed E-state index contributed by atoms with van der Waals surface area (Å²) in [4.78, 5) is 4.63. The molecule has 3 aromatic rings. The van der Waals surface area contributed by atoms with E-state index in [1.54, 1.807) is 0 Å². The van der Waals surface area contributed by atoms with Gasteiger partial charge in [0.2, 0.25) is 0 Å². The van der Waals surface area contributed by atoms with Crippen LogP contribution in [-0.4, -0.2) is 4.98 Å². The van der Waals surface area contributed by atoms with Crippen molar-refractivity contribution in [2.75, 3.05) is 0 Å². The third-order valence-electron chi connectivity index (χ3n) is 2.90. The smallest absolute Gasteiger partial charge is 0.0753 e. The number of halogens is 2. The summed E-state index contributed by atoms with van der Waals surface area (Å²) in [6.45, 7) is 2.03. The van der Waals surface area contributed by atoms with Gasteiger partial charge in [-0.2, -0.15) is 0 Å². The highest BCUT2D eigenvalue weighted by atomic mass is 35.5. The lowest BCUT2D eigenvalue weighted by molar-refractivity contribution is 1.42. The lowest BCUT2D eigenvalue weighted by atomic mass is 10.1. The van der Waals surface area contributed by atoms with Crippen LogP contribution in [0.15, 0.2) is 36.4 Å². The number of benzene rings is 2. The van der Waals surface area contributed by atoms with Gasteiger partial charge in [-0.15, -0.1) is 0 Å². The van der Waals surface area contributed by atoms with Crippen LogP contribution < -0.4 is 0 Å². The molecule has 0 fully saturated rings. The van der Waals surface area contributed by atoms with Gasteiger partial charge in [0, 0.05) is 15.8 Å². The zero-order valence-corrected chi connectivity index (χ0v) is 10.7. The average molecular weight is 262 g/mol. The van der Waals surface area contributed by atoms with Crippen molar-refractivity contribution in [2.24, 2.45) is 0 Å². The van der Waals surface area contributed by atoms with Crippen LogP contribution in [0.5, 0.6) is 0 Å². The molecule has 0 spiro atoms. The Morgan fingerprint density at radius 1 is 1.00 bits per heavy atom. The first-order chi connectivity index (χ1) is 8.16. The van der Waals surface area contributed by atoms with Crippen LogP contribution in [0.2, 0.25) is 10.0 Å². The molecule has 0 aliphatic rings. The van der Waals surface area contributed by atoms with E-state index in [1.807, 2.05) is 43.3 Å². The molecule has 0 unspecified atom stereocenters. The molecule has 1 aromatic heterocycles. The third-order valence-corrected chi connectivity index (χ3v) is 3.55. The summed E-state index contributed by atoms with van der Waals surface area (Å²) in [5.74, 6) is 0. The minimum absolute atomic E-state index is 0.675. The molecule has 0 atom stereocenters. The predicted octanol–water partition coefficient (Wildman–Crippen LogP) is 5.00. The number of aromatic nitrogens is 1. The second-order valence-electron chi connectivity index (χ2n) is 4.06. The summed E-state index contributed by atoms with van der Waals surface area (Å²) < 4.78 is 0. The Morgan fingerprint density at radius 2 is 1.82 bits per heavy atom. The molecule has 0 saturated carbocycles. The quantitative estimate of drug-likeness (QED) is 0.519. The van der Waals surface area contributed by atoms with E-state index in [4.69, 9.17) is 23.2 Å². The van der Waals surface area contributed by atoms with Gasteiger partial charge in [0.15, 0.2) is 0 Å². The van der Waals surface area contributed by atoms with E-state index in [0.29, 0.717) is 5.02 Å². The number of fused-ring (bicyclic) bond motifs is 2. The van der Waals surface area contributed by atoms with Gasteiger partial charge in [0.1, 0.15) is 0 Å². The highest BCUT2D eigenvalue weighted by molar-refractivity contribution is 6.40. The molecule has 0 bridgehead atoms. The van der Waals surface area contributed by atoms with Gasteiger partial charge in [0.25, 0.3) is 0 Å². The number of rotatable bonds is 0. The van der Waals surface area contributed by atoms with Crippen LogP contribution in [0, 0.1) is 6.92 Å². The molecule has 84 valence electrons. The molecule has 17 heavy (non-hydrogen) atoms. The Hall–Kier alpha value is -1.31. The normalized spacial score (nSPS) is 11.2. The third kappa shape index (κ3) is 1.67. The second kappa shape index (κ2) is 3.86. The highest BCUT2D eigenvalue weighted by Gasteiger charge is 2.08. The van der Waals surface area contributed by atoms with E-state index in [1.165, 1.54) is 0 Å². The number of pyridine rings is 1. The Bertz CT molecular complexity index is 735. The molecule has 3 heteroatoms. The maximum atomic E-state index is 6.42. The Balaban J connectivity index is 2.57. The van der Waals surface area contributed by atoms with E-state index in [9.17, 15) is 0 Å². The molecular weight excluding hydrogens is 253 g/mol. The molecule has 0 aliphatic heterocycles. The van der Waals surface area contributed by atoms with E-state index in [0.717, 1.165) is 32.4 Å².